The molecule has 22 heavy (non-hydrogen) atoms. The zero-order valence-electron chi connectivity index (χ0n) is 11.3. The van der Waals surface area contributed by atoms with Crippen molar-refractivity contribution in [1.29, 1.82) is 0 Å². The topological polar surface area (TPSA) is 180 Å². The highest BCUT2D eigenvalue weighted by atomic mass is 16.6. The molecule has 122 valence electrons. The number of ether oxygens (including phenoxy) is 1. The van der Waals surface area contributed by atoms with Gasteiger partial charge in [-0.2, -0.15) is 9.28 Å². The van der Waals surface area contributed by atoms with E-state index in [-0.39, 0.29) is 13.2 Å². The Hall–Kier alpha value is -2.24. The maximum atomic E-state index is 11.7. The molecule has 2 aliphatic rings. The Morgan fingerprint density at radius 2 is 1.73 bits per heavy atom. The molecule has 0 bridgehead atoms. The SMILES string of the molecule is O=C(O)CC[N+]1(C(=O)O)CCOC12NC2(CC(=O)O)C(=O)O. The lowest BCUT2D eigenvalue weighted by molar-refractivity contribution is -0.897. The lowest BCUT2D eigenvalue weighted by Gasteiger charge is -2.32. The van der Waals surface area contributed by atoms with Crippen LogP contribution in [0, 0.1) is 0 Å². The first kappa shape index (κ1) is 16.1. The number of nitrogens with zero attached hydrogens (tertiary/aromatic N) is 1. The molecular formula is C11H15N2O9+. The molecule has 2 heterocycles. The van der Waals surface area contributed by atoms with E-state index in [9.17, 15) is 29.4 Å². The highest BCUT2D eigenvalue weighted by Gasteiger charge is 2.89. The fraction of sp³-hybridized carbons (Fsp3) is 0.636. The second-order valence-electron chi connectivity index (χ2n) is 5.24. The maximum Gasteiger partial charge on any atom is 0.517 e. The van der Waals surface area contributed by atoms with Gasteiger partial charge in [0.15, 0.2) is 0 Å². The van der Waals surface area contributed by atoms with E-state index in [0.29, 0.717) is 0 Å². The molecule has 1 spiro atoms. The fourth-order valence-electron chi connectivity index (χ4n) is 3.07. The van der Waals surface area contributed by atoms with Crippen LogP contribution in [0.15, 0.2) is 0 Å². The van der Waals surface area contributed by atoms with Crippen LogP contribution in [0.3, 0.4) is 0 Å². The molecule has 5 N–H and O–H groups in total. The molecule has 3 unspecified atom stereocenters. The Labute approximate surface area is 123 Å². The third-order valence-electron chi connectivity index (χ3n) is 4.14. The van der Waals surface area contributed by atoms with Crippen molar-refractivity contribution in [1.82, 2.24) is 5.32 Å². The summed E-state index contributed by atoms with van der Waals surface area (Å²) in [4.78, 5) is 44.9. The van der Waals surface area contributed by atoms with E-state index in [1.54, 1.807) is 0 Å². The highest BCUT2D eigenvalue weighted by molar-refractivity contribution is 5.90. The van der Waals surface area contributed by atoms with Gasteiger partial charge in [-0.25, -0.2) is 10.1 Å². The maximum absolute atomic E-state index is 11.7. The van der Waals surface area contributed by atoms with Crippen LogP contribution in [0.5, 0.6) is 0 Å². The number of amides is 1. The Morgan fingerprint density at radius 1 is 1.09 bits per heavy atom. The van der Waals surface area contributed by atoms with Crippen LogP contribution in [-0.2, 0) is 19.1 Å². The van der Waals surface area contributed by atoms with Crippen molar-refractivity contribution in [2.24, 2.45) is 0 Å². The highest BCUT2D eigenvalue weighted by Crippen LogP contribution is 2.52. The lowest BCUT2D eigenvalue weighted by Crippen LogP contribution is -2.63. The van der Waals surface area contributed by atoms with Crippen molar-refractivity contribution in [3.8, 4) is 0 Å². The molecule has 0 aromatic rings. The van der Waals surface area contributed by atoms with Crippen molar-refractivity contribution < 1.29 is 48.8 Å². The monoisotopic (exact) mass is 319 g/mol. The lowest BCUT2D eigenvalue weighted by atomic mass is 10.0. The standard InChI is InChI=1S/C11H14N2O9/c14-6(15)1-2-13(9(20)21)3-4-22-11(13)10(12-11,8(18)19)5-7(16)17/h12H,1-5H2,(H3-,14,15,16,17,18,19,20,21)/p+1. The molecular weight excluding hydrogens is 304 g/mol. The van der Waals surface area contributed by atoms with E-state index in [1.165, 1.54) is 0 Å². The predicted octanol–water partition coefficient (Wildman–Crippen LogP) is -1.46. The van der Waals surface area contributed by atoms with E-state index in [4.69, 9.17) is 14.9 Å². The Balaban J connectivity index is 2.43. The first-order valence-corrected chi connectivity index (χ1v) is 6.34. The summed E-state index contributed by atoms with van der Waals surface area (Å²) in [5.41, 5.74) is -2.10. The van der Waals surface area contributed by atoms with E-state index >= 15 is 0 Å². The molecule has 2 fully saturated rings. The summed E-state index contributed by atoms with van der Waals surface area (Å²) in [5.74, 6) is -6.22. The summed E-state index contributed by atoms with van der Waals surface area (Å²) in [6.45, 7) is -0.718. The molecule has 11 heteroatoms. The van der Waals surface area contributed by atoms with Crippen LogP contribution in [0.2, 0.25) is 0 Å². The summed E-state index contributed by atoms with van der Waals surface area (Å²) >= 11 is 0. The van der Waals surface area contributed by atoms with Gasteiger partial charge in [0.05, 0.1) is 12.8 Å². The van der Waals surface area contributed by atoms with Gasteiger partial charge in [0.25, 0.3) is 0 Å². The van der Waals surface area contributed by atoms with Gasteiger partial charge < -0.3 is 25.2 Å². The summed E-state index contributed by atoms with van der Waals surface area (Å²) in [6.07, 6.45) is -2.88. The van der Waals surface area contributed by atoms with Gasteiger partial charge in [-0.05, 0) is 0 Å². The molecule has 1 amide bonds. The normalized spacial score (nSPS) is 36.2. The quantitative estimate of drug-likeness (QED) is 0.287. The summed E-state index contributed by atoms with van der Waals surface area (Å²) in [5, 5.41) is 38.9. The van der Waals surface area contributed by atoms with Gasteiger partial charge in [-0.3, -0.25) is 9.59 Å². The Kier molecular flexibility index (Phi) is 3.59. The Bertz CT molecular complexity index is 564. The molecule has 0 radical (unpaired) electrons. The number of carboxylic acids is 3. The van der Waals surface area contributed by atoms with Crippen LogP contribution < -0.4 is 5.32 Å². The fourth-order valence-corrected chi connectivity index (χ4v) is 3.07. The summed E-state index contributed by atoms with van der Waals surface area (Å²) < 4.78 is 4.28. The zero-order chi connectivity index (χ0) is 16.8. The number of carbonyl (C=O) groups is 4. The first-order valence-electron chi connectivity index (χ1n) is 6.34. The van der Waals surface area contributed by atoms with Gasteiger partial charge in [-0.15, -0.1) is 0 Å². The molecule has 2 saturated heterocycles. The van der Waals surface area contributed by atoms with Crippen LogP contribution in [-0.4, -0.2) is 80.0 Å². The number of nitrogens with one attached hydrogen (secondary N) is 1. The number of hydrogen-bond donors (Lipinski definition) is 5. The molecule has 0 saturated carbocycles. The summed E-state index contributed by atoms with van der Waals surface area (Å²) in [6, 6.07) is 0. The van der Waals surface area contributed by atoms with Crippen LogP contribution >= 0.6 is 0 Å². The van der Waals surface area contributed by atoms with Gasteiger partial charge in [0.2, 0.25) is 5.54 Å². The number of hydrogen-bond acceptors (Lipinski definition) is 6. The molecule has 11 nitrogen and oxygen atoms in total. The number of quaternary nitrogens is 1. The molecule has 2 rings (SSSR count). The molecule has 3 atom stereocenters. The third-order valence-corrected chi connectivity index (χ3v) is 4.14. The van der Waals surface area contributed by atoms with E-state index in [0.717, 1.165) is 0 Å². The van der Waals surface area contributed by atoms with Gasteiger partial charge in [0.1, 0.15) is 19.7 Å². The van der Waals surface area contributed by atoms with Crippen molar-refractivity contribution in [3.63, 3.8) is 0 Å². The van der Waals surface area contributed by atoms with Crippen LogP contribution in [0.1, 0.15) is 12.8 Å². The average Bonchev–Trinajstić information content (AvgIpc) is 2.87. The minimum atomic E-state index is -2.10. The molecule has 2 aliphatic heterocycles. The van der Waals surface area contributed by atoms with E-state index in [1.807, 2.05) is 0 Å². The predicted molar refractivity (Wildman–Crippen MR) is 64.7 cm³/mol. The molecule has 0 aliphatic carbocycles. The van der Waals surface area contributed by atoms with E-state index < -0.39 is 59.3 Å². The number of rotatable bonds is 6. The summed E-state index contributed by atoms with van der Waals surface area (Å²) in [7, 11) is 0. The number of carboxylic acid groups (broad SMARTS) is 4. The second-order valence-corrected chi connectivity index (χ2v) is 5.24. The Morgan fingerprint density at radius 3 is 2.18 bits per heavy atom. The van der Waals surface area contributed by atoms with Gasteiger partial charge in [-0.1, -0.05) is 0 Å². The van der Waals surface area contributed by atoms with Gasteiger partial charge in [0, 0.05) is 0 Å². The van der Waals surface area contributed by atoms with Crippen LogP contribution in [0.25, 0.3) is 0 Å². The van der Waals surface area contributed by atoms with Crippen molar-refractivity contribution in [2.45, 2.75) is 24.2 Å². The number of aliphatic carboxylic acids is 3. The molecule has 0 aromatic carbocycles. The van der Waals surface area contributed by atoms with Crippen LogP contribution in [0.4, 0.5) is 4.79 Å². The zero-order valence-corrected chi connectivity index (χ0v) is 11.3. The minimum absolute atomic E-state index is 0.131. The van der Waals surface area contributed by atoms with Crippen molar-refractivity contribution >= 4 is 24.0 Å². The molecule has 0 aromatic heterocycles. The van der Waals surface area contributed by atoms with Crippen molar-refractivity contribution in [2.75, 3.05) is 19.7 Å². The van der Waals surface area contributed by atoms with Crippen molar-refractivity contribution in [3.05, 3.63) is 0 Å². The average molecular weight is 319 g/mol. The second kappa shape index (κ2) is 4.90. The minimum Gasteiger partial charge on any atom is -0.481 e. The smallest absolute Gasteiger partial charge is 0.481 e. The van der Waals surface area contributed by atoms with Gasteiger partial charge >= 0.3 is 29.9 Å². The van der Waals surface area contributed by atoms with E-state index in [2.05, 4.69) is 5.32 Å². The third kappa shape index (κ3) is 1.94. The first-order chi connectivity index (χ1) is 10.1. The largest absolute Gasteiger partial charge is 0.517 e.